The maximum atomic E-state index is 13.2. The highest BCUT2D eigenvalue weighted by atomic mass is 32.1. The van der Waals surface area contributed by atoms with Crippen molar-refractivity contribution in [2.24, 2.45) is 5.73 Å². The van der Waals surface area contributed by atoms with E-state index in [0.29, 0.717) is 22.8 Å². The Morgan fingerprint density at radius 1 is 1.23 bits per heavy atom. The number of nitrogens with one attached hydrogen (secondary N) is 2. The molecule has 31 heavy (non-hydrogen) atoms. The van der Waals surface area contributed by atoms with Crippen LogP contribution < -0.4 is 16.4 Å². The Kier molecular flexibility index (Phi) is 7.63. The molecule has 0 radical (unpaired) electrons. The van der Waals surface area contributed by atoms with Gasteiger partial charge in [0.1, 0.15) is 5.82 Å². The quantitative estimate of drug-likeness (QED) is 0.496. The van der Waals surface area contributed by atoms with Crippen LogP contribution in [0.15, 0.2) is 54.2 Å². The van der Waals surface area contributed by atoms with Gasteiger partial charge in [-0.15, -0.1) is 11.3 Å². The zero-order chi connectivity index (χ0) is 22.2. The average Bonchev–Trinajstić information content (AvgIpc) is 3.19. The molecule has 0 saturated carbocycles. The fourth-order valence-electron chi connectivity index (χ4n) is 2.87. The van der Waals surface area contributed by atoms with Gasteiger partial charge in [0, 0.05) is 31.4 Å². The Labute approximate surface area is 183 Å². The van der Waals surface area contributed by atoms with Crippen LogP contribution in [0.3, 0.4) is 0 Å². The topological polar surface area (TPSA) is 113 Å². The Morgan fingerprint density at radius 2 is 2.00 bits per heavy atom. The number of benzene rings is 1. The van der Waals surface area contributed by atoms with Gasteiger partial charge in [-0.25, -0.2) is 14.2 Å². The van der Waals surface area contributed by atoms with Crippen molar-refractivity contribution in [3.63, 3.8) is 0 Å². The van der Waals surface area contributed by atoms with Crippen LogP contribution in [0.5, 0.6) is 0 Å². The maximum Gasteiger partial charge on any atom is 0.321 e. The molecular weight excluding hydrogens is 419 g/mol. The molecule has 0 bridgehead atoms. The first-order valence-corrected chi connectivity index (χ1v) is 10.4. The maximum absolute atomic E-state index is 13.2. The van der Waals surface area contributed by atoms with Gasteiger partial charge in [0.05, 0.1) is 18.3 Å². The van der Waals surface area contributed by atoms with Crippen molar-refractivity contribution in [3.8, 4) is 0 Å². The number of hydrogen-bond donors (Lipinski definition) is 3. The number of anilines is 1. The largest absolute Gasteiger partial charge is 0.338 e. The normalized spacial score (nSPS) is 11.6. The summed E-state index contributed by atoms with van der Waals surface area (Å²) in [5.41, 5.74) is 8.27. The monoisotopic (exact) mass is 442 g/mol. The zero-order valence-corrected chi connectivity index (χ0v) is 17.7. The summed E-state index contributed by atoms with van der Waals surface area (Å²) in [6.45, 7) is 0.459. The molecule has 0 aliphatic carbocycles. The van der Waals surface area contributed by atoms with Crippen LogP contribution in [0, 0.1) is 5.82 Å². The lowest BCUT2D eigenvalue weighted by Crippen LogP contribution is -2.42. The number of likely N-dealkylation sites (N-methyl/N-ethyl adjacent to an activating group) is 1. The van der Waals surface area contributed by atoms with Crippen LogP contribution in [-0.2, 0) is 24.3 Å². The van der Waals surface area contributed by atoms with Crippen LogP contribution in [0.25, 0.3) is 0 Å². The molecule has 10 heteroatoms. The number of amides is 3. The molecule has 8 nitrogen and oxygen atoms in total. The minimum absolute atomic E-state index is 0.189. The Morgan fingerprint density at radius 3 is 2.74 bits per heavy atom. The Bertz CT molecular complexity index is 1030. The molecule has 3 amide bonds. The van der Waals surface area contributed by atoms with Crippen molar-refractivity contribution < 1.29 is 14.0 Å². The molecule has 0 spiro atoms. The molecule has 1 aromatic carbocycles. The summed E-state index contributed by atoms with van der Waals surface area (Å²) in [6, 6.07) is 8.53. The van der Waals surface area contributed by atoms with Crippen molar-refractivity contribution in [1.29, 1.82) is 0 Å². The summed E-state index contributed by atoms with van der Waals surface area (Å²) in [7, 11) is 1.66. The number of pyridine rings is 1. The number of urea groups is 1. The van der Waals surface area contributed by atoms with Crippen LogP contribution in [0.1, 0.15) is 16.8 Å². The smallest absolute Gasteiger partial charge is 0.321 e. The molecular formula is C21H23FN6O2S. The van der Waals surface area contributed by atoms with Gasteiger partial charge in [-0.2, -0.15) is 0 Å². The lowest BCUT2D eigenvalue weighted by atomic mass is 10.1. The molecule has 0 aliphatic heterocycles. The number of halogens is 1. The number of hydrogen-bond acceptors (Lipinski definition) is 6. The summed E-state index contributed by atoms with van der Waals surface area (Å²) < 4.78 is 13.2. The molecule has 2 aromatic heterocycles. The third kappa shape index (κ3) is 6.83. The van der Waals surface area contributed by atoms with Crippen molar-refractivity contribution in [3.05, 3.63) is 76.8 Å². The van der Waals surface area contributed by atoms with E-state index in [0.717, 1.165) is 5.56 Å². The third-order valence-electron chi connectivity index (χ3n) is 4.41. The second kappa shape index (κ2) is 10.6. The van der Waals surface area contributed by atoms with Gasteiger partial charge >= 0.3 is 6.03 Å². The van der Waals surface area contributed by atoms with Gasteiger partial charge in [-0.1, -0.05) is 12.1 Å². The van der Waals surface area contributed by atoms with E-state index < -0.39 is 12.1 Å². The fraction of sp³-hybridized carbons (Fsp3) is 0.238. The second-order valence-electron chi connectivity index (χ2n) is 6.94. The molecule has 2 heterocycles. The summed E-state index contributed by atoms with van der Waals surface area (Å²) in [5, 5.41) is 7.44. The van der Waals surface area contributed by atoms with Gasteiger partial charge in [0.2, 0.25) is 5.91 Å². The van der Waals surface area contributed by atoms with E-state index in [1.165, 1.54) is 28.4 Å². The highest BCUT2D eigenvalue weighted by molar-refractivity contribution is 7.13. The lowest BCUT2D eigenvalue weighted by Gasteiger charge is -2.20. The SMILES string of the molecule is CN(Cc1csc(NC(=O)NCc2cccc(F)c2)n1)C(=O)C(N)Cc1ccncc1. The predicted molar refractivity (Wildman–Crippen MR) is 117 cm³/mol. The molecule has 3 rings (SSSR count). The first-order chi connectivity index (χ1) is 14.9. The Hall–Kier alpha value is -3.37. The zero-order valence-electron chi connectivity index (χ0n) is 16.9. The number of carbonyl (C=O) groups excluding carboxylic acids is 2. The van der Waals surface area contributed by atoms with E-state index in [-0.39, 0.29) is 24.8 Å². The van der Waals surface area contributed by atoms with E-state index in [4.69, 9.17) is 5.73 Å². The van der Waals surface area contributed by atoms with Crippen molar-refractivity contribution in [2.45, 2.75) is 25.6 Å². The van der Waals surface area contributed by atoms with Gasteiger partial charge in [0.25, 0.3) is 0 Å². The summed E-state index contributed by atoms with van der Waals surface area (Å²) in [5.74, 6) is -0.560. The van der Waals surface area contributed by atoms with E-state index in [1.807, 2.05) is 12.1 Å². The first-order valence-electron chi connectivity index (χ1n) is 9.54. The summed E-state index contributed by atoms with van der Waals surface area (Å²) >= 11 is 1.25. The number of thiazole rings is 1. The van der Waals surface area contributed by atoms with Crippen molar-refractivity contribution >= 4 is 28.4 Å². The highest BCUT2D eigenvalue weighted by Crippen LogP contribution is 2.17. The van der Waals surface area contributed by atoms with Gasteiger partial charge in [-0.05, 0) is 41.8 Å². The third-order valence-corrected chi connectivity index (χ3v) is 5.22. The van der Waals surface area contributed by atoms with Gasteiger partial charge in [-0.3, -0.25) is 15.1 Å². The average molecular weight is 443 g/mol. The molecule has 0 aliphatic rings. The number of carbonyl (C=O) groups is 2. The standard InChI is InChI=1S/C21H23FN6O2S/c1-28(19(29)18(23)10-14-5-7-24-8-6-14)12-17-13-31-21(26-17)27-20(30)25-11-15-3-2-4-16(22)9-15/h2-9,13,18H,10-12,23H2,1H3,(H2,25,26,27,30). The van der Waals surface area contributed by atoms with Crippen LogP contribution in [0.4, 0.5) is 14.3 Å². The molecule has 3 aromatic rings. The fourth-order valence-corrected chi connectivity index (χ4v) is 3.57. The van der Waals surface area contributed by atoms with E-state index in [2.05, 4.69) is 20.6 Å². The van der Waals surface area contributed by atoms with Crippen molar-refractivity contribution in [2.75, 3.05) is 12.4 Å². The van der Waals surface area contributed by atoms with Crippen LogP contribution in [-0.4, -0.2) is 39.9 Å². The van der Waals surface area contributed by atoms with E-state index in [1.54, 1.807) is 37.0 Å². The minimum atomic E-state index is -0.669. The number of nitrogens with two attached hydrogens (primary N) is 1. The summed E-state index contributed by atoms with van der Waals surface area (Å²) in [4.78, 5) is 34.4. The number of nitrogens with zero attached hydrogens (tertiary/aromatic N) is 3. The molecule has 0 saturated heterocycles. The number of aromatic nitrogens is 2. The molecule has 0 fully saturated rings. The van der Waals surface area contributed by atoms with E-state index in [9.17, 15) is 14.0 Å². The Balaban J connectivity index is 1.47. The molecule has 1 unspecified atom stereocenters. The van der Waals surface area contributed by atoms with Gasteiger partial charge < -0.3 is 16.0 Å². The lowest BCUT2D eigenvalue weighted by molar-refractivity contribution is -0.131. The summed E-state index contributed by atoms with van der Waals surface area (Å²) in [6.07, 6.45) is 3.74. The van der Waals surface area contributed by atoms with Crippen LogP contribution >= 0.6 is 11.3 Å². The predicted octanol–water partition coefficient (Wildman–Crippen LogP) is 2.53. The van der Waals surface area contributed by atoms with Crippen LogP contribution in [0.2, 0.25) is 0 Å². The molecule has 162 valence electrons. The number of rotatable bonds is 8. The highest BCUT2D eigenvalue weighted by Gasteiger charge is 2.19. The molecule has 4 N–H and O–H groups in total. The second-order valence-corrected chi connectivity index (χ2v) is 7.80. The minimum Gasteiger partial charge on any atom is -0.338 e. The van der Waals surface area contributed by atoms with Gasteiger partial charge in [0.15, 0.2) is 5.13 Å². The molecule has 1 atom stereocenters. The van der Waals surface area contributed by atoms with Crippen molar-refractivity contribution in [1.82, 2.24) is 20.2 Å². The first kappa shape index (κ1) is 22.3. The van der Waals surface area contributed by atoms with E-state index >= 15 is 0 Å².